The number of rotatable bonds is 0. The van der Waals surface area contributed by atoms with Crippen molar-refractivity contribution in [2.45, 2.75) is 19.4 Å². The number of urea groups is 1. The summed E-state index contributed by atoms with van der Waals surface area (Å²) in [5.41, 5.74) is -0.947. The minimum Gasteiger partial charge on any atom is -0.271 e. The third-order valence-corrected chi connectivity index (χ3v) is 1.74. The molecule has 0 aromatic carbocycles. The molecule has 0 saturated carbocycles. The van der Waals surface area contributed by atoms with Crippen LogP contribution < -0.4 is 0 Å². The lowest BCUT2D eigenvalue weighted by Gasteiger charge is -2.38. The summed E-state index contributed by atoms with van der Waals surface area (Å²) < 4.78 is 0. The second-order valence-corrected chi connectivity index (χ2v) is 3.25. The molecule has 5 heteroatoms. The molecule has 0 N–H and O–H groups in total. The molecule has 1 aliphatic rings. The molecule has 3 amide bonds. The van der Waals surface area contributed by atoms with Gasteiger partial charge in [0.15, 0.2) is 5.60 Å². The highest BCUT2D eigenvalue weighted by Crippen LogP contribution is 2.20. The van der Waals surface area contributed by atoms with Crippen LogP contribution in [0, 0.1) is 0 Å². The van der Waals surface area contributed by atoms with Crippen LogP contribution in [0.2, 0.25) is 0 Å². The third-order valence-electron chi connectivity index (χ3n) is 1.74. The Balaban J connectivity index is 2.93. The van der Waals surface area contributed by atoms with E-state index >= 15 is 0 Å². The summed E-state index contributed by atoms with van der Waals surface area (Å²) in [4.78, 5) is 28.6. The van der Waals surface area contributed by atoms with Gasteiger partial charge in [-0.3, -0.25) is 14.5 Å². The fraction of sp³-hybridized carbons (Fsp3) is 0.714. The molecule has 1 heterocycles. The normalized spacial score (nSPS) is 23.3. The second kappa shape index (κ2) is 2.45. The van der Waals surface area contributed by atoms with E-state index in [9.17, 15) is 9.59 Å². The van der Waals surface area contributed by atoms with E-state index < -0.39 is 11.6 Å². The smallest absolute Gasteiger partial charge is 0.271 e. The van der Waals surface area contributed by atoms with Gasteiger partial charge in [-0.25, -0.2) is 9.86 Å². The van der Waals surface area contributed by atoms with Crippen LogP contribution >= 0.6 is 0 Å². The molecule has 1 saturated heterocycles. The van der Waals surface area contributed by atoms with Gasteiger partial charge >= 0.3 is 6.03 Å². The van der Waals surface area contributed by atoms with Gasteiger partial charge < -0.3 is 0 Å². The largest absolute Gasteiger partial charge is 0.350 e. The summed E-state index contributed by atoms with van der Waals surface area (Å²) in [5.74, 6) is -0.328. The first-order valence-corrected chi connectivity index (χ1v) is 3.61. The summed E-state index contributed by atoms with van der Waals surface area (Å²) in [6.45, 7) is 3.24. The maximum Gasteiger partial charge on any atom is 0.350 e. The summed E-state index contributed by atoms with van der Waals surface area (Å²) in [6, 6.07) is -0.445. The van der Waals surface area contributed by atoms with Crippen LogP contribution in [0.1, 0.15) is 13.8 Å². The highest BCUT2D eigenvalue weighted by molar-refractivity contribution is 5.99. The molecule has 5 nitrogen and oxygen atoms in total. The molecule has 0 aromatic heterocycles. The predicted octanol–water partition coefficient (Wildman–Crippen LogP) is 0.220. The summed E-state index contributed by atoms with van der Waals surface area (Å²) in [6.07, 6.45) is 0. The van der Waals surface area contributed by atoms with Crippen molar-refractivity contribution < 1.29 is 14.4 Å². The van der Waals surface area contributed by atoms with Gasteiger partial charge in [0.05, 0.1) is 0 Å². The number of carbonyl (C=O) groups excluding carboxylic acids is 2. The quantitative estimate of drug-likeness (QED) is 0.525. The number of nitrogens with zero attached hydrogens (tertiary/aromatic N) is 2. The van der Waals surface area contributed by atoms with Crippen molar-refractivity contribution in [3.8, 4) is 0 Å². The Morgan fingerprint density at radius 3 is 2.25 bits per heavy atom. The van der Waals surface area contributed by atoms with E-state index in [2.05, 4.69) is 0 Å². The van der Waals surface area contributed by atoms with Crippen LogP contribution in [-0.2, 0) is 9.63 Å². The first-order chi connectivity index (χ1) is 5.36. The number of imide groups is 1. The number of carbonyl (C=O) groups is 2. The Morgan fingerprint density at radius 1 is 1.25 bits per heavy atom. The van der Waals surface area contributed by atoms with E-state index in [0.717, 1.165) is 9.96 Å². The zero-order chi connectivity index (χ0) is 9.52. The molecule has 1 aliphatic heterocycles. The van der Waals surface area contributed by atoms with Gasteiger partial charge in [0.1, 0.15) is 0 Å². The van der Waals surface area contributed by atoms with Crippen LogP contribution in [0.15, 0.2) is 0 Å². The number of likely N-dealkylation sites (N-methyl/N-ethyl adjacent to an activating group) is 1. The zero-order valence-electron chi connectivity index (χ0n) is 7.62. The zero-order valence-corrected chi connectivity index (χ0v) is 7.62. The average Bonchev–Trinajstić information content (AvgIpc) is 1.97. The molecule has 0 radical (unpaired) electrons. The van der Waals surface area contributed by atoms with Crippen molar-refractivity contribution in [2.75, 3.05) is 14.1 Å². The van der Waals surface area contributed by atoms with E-state index in [-0.39, 0.29) is 5.91 Å². The van der Waals surface area contributed by atoms with Gasteiger partial charge in [-0.15, -0.1) is 0 Å². The molecule has 0 unspecified atom stereocenters. The fourth-order valence-electron chi connectivity index (χ4n) is 1.12. The Hall–Kier alpha value is -1.10. The van der Waals surface area contributed by atoms with Crippen molar-refractivity contribution in [1.29, 1.82) is 0 Å². The average molecular weight is 172 g/mol. The minimum atomic E-state index is -0.947. The summed E-state index contributed by atoms with van der Waals surface area (Å²) in [7, 11) is 2.92. The van der Waals surface area contributed by atoms with Crippen LogP contribution in [0.25, 0.3) is 0 Å². The third kappa shape index (κ3) is 1.16. The molecule has 68 valence electrons. The Kier molecular flexibility index (Phi) is 1.83. The van der Waals surface area contributed by atoms with Gasteiger partial charge in [0, 0.05) is 14.1 Å². The van der Waals surface area contributed by atoms with Crippen LogP contribution in [-0.4, -0.2) is 41.6 Å². The first kappa shape index (κ1) is 8.99. The van der Waals surface area contributed by atoms with E-state index in [0.29, 0.717) is 0 Å². The van der Waals surface area contributed by atoms with Gasteiger partial charge in [0.25, 0.3) is 5.91 Å². The first-order valence-electron chi connectivity index (χ1n) is 3.61. The maximum atomic E-state index is 11.4. The van der Waals surface area contributed by atoms with Crippen molar-refractivity contribution in [2.24, 2.45) is 0 Å². The molecular formula is C7H12N2O3. The van der Waals surface area contributed by atoms with Crippen LogP contribution in [0.3, 0.4) is 0 Å². The van der Waals surface area contributed by atoms with Crippen molar-refractivity contribution in [1.82, 2.24) is 9.96 Å². The Bertz CT molecular complexity index is 237. The van der Waals surface area contributed by atoms with Crippen LogP contribution in [0.5, 0.6) is 0 Å². The van der Waals surface area contributed by atoms with Crippen molar-refractivity contribution in [3.63, 3.8) is 0 Å². The highest BCUT2D eigenvalue weighted by atomic mass is 16.7. The lowest BCUT2D eigenvalue weighted by atomic mass is 10.1. The van der Waals surface area contributed by atoms with Crippen molar-refractivity contribution in [3.05, 3.63) is 0 Å². The molecule has 0 bridgehead atoms. The van der Waals surface area contributed by atoms with Gasteiger partial charge in [-0.1, -0.05) is 0 Å². The van der Waals surface area contributed by atoms with E-state index in [1.807, 2.05) is 0 Å². The fourth-order valence-corrected chi connectivity index (χ4v) is 1.12. The molecule has 12 heavy (non-hydrogen) atoms. The summed E-state index contributed by atoms with van der Waals surface area (Å²) in [5, 5.41) is 1.06. The molecular weight excluding hydrogens is 160 g/mol. The Labute approximate surface area is 70.8 Å². The predicted molar refractivity (Wildman–Crippen MR) is 41.1 cm³/mol. The Morgan fingerprint density at radius 2 is 1.75 bits per heavy atom. The van der Waals surface area contributed by atoms with E-state index in [1.165, 1.54) is 14.1 Å². The number of hydrogen-bond acceptors (Lipinski definition) is 3. The SMILES string of the molecule is CN1OC(C)(C)C(=O)N(C)C1=O. The lowest BCUT2D eigenvalue weighted by molar-refractivity contribution is -0.219. The highest BCUT2D eigenvalue weighted by Gasteiger charge is 2.42. The standard InChI is InChI=1S/C7H12N2O3/c1-7(2)5(10)8(3)6(11)9(4)12-7/h1-4H3. The maximum absolute atomic E-state index is 11.4. The molecule has 0 aliphatic carbocycles. The van der Waals surface area contributed by atoms with E-state index in [1.54, 1.807) is 13.8 Å². The van der Waals surface area contributed by atoms with Crippen molar-refractivity contribution >= 4 is 11.9 Å². The number of amides is 3. The van der Waals surface area contributed by atoms with Gasteiger partial charge in [-0.2, -0.15) is 0 Å². The minimum absolute atomic E-state index is 0.328. The monoisotopic (exact) mass is 172 g/mol. The molecule has 0 aromatic rings. The lowest BCUT2D eigenvalue weighted by Crippen LogP contribution is -2.59. The van der Waals surface area contributed by atoms with Gasteiger partial charge in [0.2, 0.25) is 0 Å². The number of hydrogen-bond donors (Lipinski definition) is 0. The van der Waals surface area contributed by atoms with Crippen LogP contribution in [0.4, 0.5) is 4.79 Å². The molecule has 1 rings (SSSR count). The second-order valence-electron chi connectivity index (χ2n) is 3.25. The molecule has 1 fully saturated rings. The topological polar surface area (TPSA) is 49.9 Å². The number of hydroxylamine groups is 2. The van der Waals surface area contributed by atoms with Gasteiger partial charge in [-0.05, 0) is 13.8 Å². The van der Waals surface area contributed by atoms with E-state index in [4.69, 9.17) is 4.84 Å². The molecule has 0 spiro atoms. The molecule has 0 atom stereocenters. The summed E-state index contributed by atoms with van der Waals surface area (Å²) >= 11 is 0.